The van der Waals surface area contributed by atoms with Gasteiger partial charge in [-0.05, 0) is 18.1 Å². The topological polar surface area (TPSA) is 28.7 Å². The van der Waals surface area contributed by atoms with Gasteiger partial charge in [0.05, 0.1) is 11.0 Å². The molecule has 0 fully saturated rings. The summed E-state index contributed by atoms with van der Waals surface area (Å²) in [6.07, 6.45) is -3.75. The second kappa shape index (κ2) is 3.25. The Morgan fingerprint density at radius 1 is 1.33 bits per heavy atom. The minimum Gasteiger partial charge on any atom is -0.334 e. The average molecular weight is 214 g/mol. The first-order valence-corrected chi connectivity index (χ1v) is 4.57. The largest absolute Gasteiger partial charge is 0.449 e. The van der Waals surface area contributed by atoms with E-state index in [1.54, 1.807) is 18.2 Å². The molecule has 1 heterocycles. The Labute approximate surface area is 84.1 Å². The predicted octanol–water partition coefficient (Wildman–Crippen LogP) is 3.14. The zero-order chi connectivity index (χ0) is 11.1. The number of nitrogens with one attached hydrogen (secondary N) is 1. The van der Waals surface area contributed by atoms with E-state index in [1.165, 1.54) is 0 Å². The number of benzene rings is 1. The van der Waals surface area contributed by atoms with Gasteiger partial charge in [0, 0.05) is 0 Å². The van der Waals surface area contributed by atoms with Crippen molar-refractivity contribution in [1.82, 2.24) is 9.97 Å². The molecule has 2 aromatic rings. The fourth-order valence-corrected chi connectivity index (χ4v) is 1.51. The molecule has 80 valence electrons. The van der Waals surface area contributed by atoms with Gasteiger partial charge in [0.25, 0.3) is 0 Å². The number of aryl methyl sites for hydroxylation is 1. The SMILES string of the molecule is CCc1cccc2[nH]c(C(F)(F)F)nc12. The molecule has 0 amide bonds. The van der Waals surface area contributed by atoms with Gasteiger partial charge in [-0.1, -0.05) is 19.1 Å². The molecule has 1 aromatic heterocycles. The van der Waals surface area contributed by atoms with E-state index in [0.717, 1.165) is 5.56 Å². The van der Waals surface area contributed by atoms with E-state index in [4.69, 9.17) is 0 Å². The summed E-state index contributed by atoms with van der Waals surface area (Å²) in [5.41, 5.74) is 1.66. The Kier molecular flexibility index (Phi) is 2.17. The third kappa shape index (κ3) is 1.69. The fourth-order valence-electron chi connectivity index (χ4n) is 1.51. The number of fused-ring (bicyclic) bond motifs is 1. The number of H-pyrrole nitrogens is 1. The maximum absolute atomic E-state index is 12.4. The normalized spacial score (nSPS) is 12.3. The summed E-state index contributed by atoms with van der Waals surface area (Å²) in [6.45, 7) is 1.89. The highest BCUT2D eigenvalue weighted by Crippen LogP contribution is 2.29. The number of rotatable bonds is 1. The van der Waals surface area contributed by atoms with E-state index in [1.807, 2.05) is 6.92 Å². The van der Waals surface area contributed by atoms with Crippen molar-refractivity contribution in [3.05, 3.63) is 29.6 Å². The maximum Gasteiger partial charge on any atom is 0.449 e. The average Bonchev–Trinajstić information content (AvgIpc) is 2.59. The van der Waals surface area contributed by atoms with E-state index in [-0.39, 0.29) is 0 Å². The highest BCUT2D eigenvalue weighted by Gasteiger charge is 2.34. The van der Waals surface area contributed by atoms with Crippen LogP contribution in [0.15, 0.2) is 18.2 Å². The van der Waals surface area contributed by atoms with Gasteiger partial charge in [0.2, 0.25) is 5.82 Å². The molecule has 0 aliphatic rings. The molecular formula is C10H9F3N2. The summed E-state index contributed by atoms with van der Waals surface area (Å²) in [4.78, 5) is 5.85. The van der Waals surface area contributed by atoms with Crippen LogP contribution in [0.5, 0.6) is 0 Å². The molecule has 0 bridgehead atoms. The number of aromatic nitrogens is 2. The zero-order valence-corrected chi connectivity index (χ0v) is 8.02. The second-order valence-electron chi connectivity index (χ2n) is 3.25. The van der Waals surface area contributed by atoms with E-state index in [0.29, 0.717) is 17.5 Å². The Balaban J connectivity index is 2.65. The van der Waals surface area contributed by atoms with Crippen LogP contribution in [0.1, 0.15) is 18.3 Å². The molecule has 0 aliphatic heterocycles. The molecule has 0 saturated heterocycles. The van der Waals surface area contributed by atoms with Crippen molar-refractivity contribution in [3.63, 3.8) is 0 Å². The summed E-state index contributed by atoms with van der Waals surface area (Å²) >= 11 is 0. The summed E-state index contributed by atoms with van der Waals surface area (Å²) in [5.74, 6) is -0.932. The number of imidazole rings is 1. The molecule has 1 aromatic carbocycles. The van der Waals surface area contributed by atoms with Crippen LogP contribution in [0.4, 0.5) is 13.2 Å². The lowest BCUT2D eigenvalue weighted by Gasteiger charge is -1.99. The van der Waals surface area contributed by atoms with Crippen LogP contribution >= 0.6 is 0 Å². The highest BCUT2D eigenvalue weighted by molar-refractivity contribution is 5.78. The molecule has 5 heteroatoms. The summed E-state index contributed by atoms with van der Waals surface area (Å²) < 4.78 is 37.1. The molecule has 0 saturated carbocycles. The van der Waals surface area contributed by atoms with E-state index < -0.39 is 12.0 Å². The van der Waals surface area contributed by atoms with Crippen LogP contribution < -0.4 is 0 Å². The van der Waals surface area contributed by atoms with Crippen LogP contribution in [0.2, 0.25) is 0 Å². The first kappa shape index (κ1) is 10.0. The standard InChI is InChI=1S/C10H9F3N2/c1-2-6-4-3-5-7-8(6)15-9(14-7)10(11,12)13/h3-5H,2H2,1H3,(H,14,15). The van der Waals surface area contributed by atoms with Crippen molar-refractivity contribution >= 4 is 11.0 Å². The van der Waals surface area contributed by atoms with Crippen molar-refractivity contribution in [1.29, 1.82) is 0 Å². The van der Waals surface area contributed by atoms with Gasteiger partial charge in [0.15, 0.2) is 0 Å². The quantitative estimate of drug-likeness (QED) is 0.776. The lowest BCUT2D eigenvalue weighted by molar-refractivity contribution is -0.144. The molecule has 2 rings (SSSR count). The van der Waals surface area contributed by atoms with Crippen molar-refractivity contribution < 1.29 is 13.2 Å². The molecule has 1 N–H and O–H groups in total. The van der Waals surface area contributed by atoms with Gasteiger partial charge in [-0.2, -0.15) is 13.2 Å². The zero-order valence-electron chi connectivity index (χ0n) is 8.02. The van der Waals surface area contributed by atoms with E-state index in [2.05, 4.69) is 9.97 Å². The lowest BCUT2D eigenvalue weighted by Crippen LogP contribution is -2.06. The molecule has 15 heavy (non-hydrogen) atoms. The van der Waals surface area contributed by atoms with Crippen LogP contribution in [0.25, 0.3) is 11.0 Å². The maximum atomic E-state index is 12.4. The summed E-state index contributed by atoms with van der Waals surface area (Å²) in [6, 6.07) is 5.10. The van der Waals surface area contributed by atoms with Crippen LogP contribution in [-0.4, -0.2) is 9.97 Å². The van der Waals surface area contributed by atoms with Gasteiger partial charge in [-0.25, -0.2) is 4.98 Å². The number of aromatic amines is 1. The monoisotopic (exact) mass is 214 g/mol. The molecule has 2 nitrogen and oxygen atoms in total. The van der Waals surface area contributed by atoms with Gasteiger partial charge in [-0.3, -0.25) is 0 Å². The van der Waals surface area contributed by atoms with E-state index in [9.17, 15) is 13.2 Å². The minimum absolute atomic E-state index is 0.410. The molecule has 0 spiro atoms. The van der Waals surface area contributed by atoms with Crippen molar-refractivity contribution in [3.8, 4) is 0 Å². The third-order valence-corrected chi connectivity index (χ3v) is 2.25. The van der Waals surface area contributed by atoms with Gasteiger partial charge in [-0.15, -0.1) is 0 Å². The number of para-hydroxylation sites is 1. The Morgan fingerprint density at radius 2 is 2.07 bits per heavy atom. The van der Waals surface area contributed by atoms with Crippen LogP contribution in [0, 0.1) is 0 Å². The number of halogens is 3. The highest BCUT2D eigenvalue weighted by atomic mass is 19.4. The van der Waals surface area contributed by atoms with Crippen molar-refractivity contribution in [2.45, 2.75) is 19.5 Å². The van der Waals surface area contributed by atoms with Crippen LogP contribution in [0.3, 0.4) is 0 Å². The third-order valence-electron chi connectivity index (χ3n) is 2.25. The summed E-state index contributed by atoms with van der Waals surface area (Å²) in [5, 5.41) is 0. The number of hydrogen-bond acceptors (Lipinski definition) is 1. The molecule has 0 atom stereocenters. The van der Waals surface area contributed by atoms with Gasteiger partial charge >= 0.3 is 6.18 Å². The Morgan fingerprint density at radius 3 is 2.67 bits per heavy atom. The molecule has 0 aliphatic carbocycles. The van der Waals surface area contributed by atoms with Crippen molar-refractivity contribution in [2.75, 3.05) is 0 Å². The minimum atomic E-state index is -4.41. The molecular weight excluding hydrogens is 205 g/mol. The molecule has 0 unspecified atom stereocenters. The molecule has 0 radical (unpaired) electrons. The first-order valence-electron chi connectivity index (χ1n) is 4.57. The summed E-state index contributed by atoms with van der Waals surface area (Å²) in [7, 11) is 0. The number of hydrogen-bond donors (Lipinski definition) is 1. The number of nitrogens with zero attached hydrogens (tertiary/aromatic N) is 1. The second-order valence-corrected chi connectivity index (χ2v) is 3.25. The lowest BCUT2D eigenvalue weighted by atomic mass is 10.1. The number of alkyl halides is 3. The van der Waals surface area contributed by atoms with Crippen molar-refractivity contribution in [2.24, 2.45) is 0 Å². The predicted molar refractivity (Wildman–Crippen MR) is 50.5 cm³/mol. The van der Waals surface area contributed by atoms with Gasteiger partial charge < -0.3 is 4.98 Å². The first-order chi connectivity index (χ1) is 7.02. The van der Waals surface area contributed by atoms with Gasteiger partial charge in [0.1, 0.15) is 0 Å². The smallest absolute Gasteiger partial charge is 0.334 e. The Bertz CT molecular complexity index is 485. The van der Waals surface area contributed by atoms with Crippen LogP contribution in [-0.2, 0) is 12.6 Å². The van der Waals surface area contributed by atoms with E-state index >= 15 is 0 Å². The Hall–Kier alpha value is -1.52. The fraction of sp³-hybridized carbons (Fsp3) is 0.300.